The lowest BCUT2D eigenvalue weighted by Crippen LogP contribution is -2.61. The van der Waals surface area contributed by atoms with Gasteiger partial charge in [0.1, 0.15) is 0 Å². The molecule has 0 radical (unpaired) electrons. The maximum absolute atomic E-state index is 12.3. The van der Waals surface area contributed by atoms with Gasteiger partial charge < -0.3 is 15.1 Å². The Morgan fingerprint density at radius 2 is 1.94 bits per heavy atom. The van der Waals surface area contributed by atoms with E-state index in [1.54, 1.807) is 4.90 Å². The summed E-state index contributed by atoms with van der Waals surface area (Å²) in [5.41, 5.74) is 0. The lowest BCUT2D eigenvalue weighted by molar-refractivity contribution is 0.101. The Balaban J connectivity index is 2.76. The van der Waals surface area contributed by atoms with Crippen molar-refractivity contribution in [3.05, 3.63) is 0 Å². The standard InChI is InChI=1S/C14H29N3O/c1-10(2)7-12-8-15-13(11(3)4)9-17(12)14(18)16(5)6/h10-13,15H,7-9H2,1-6H3. The van der Waals surface area contributed by atoms with Gasteiger partial charge in [-0.3, -0.25) is 0 Å². The molecule has 1 saturated heterocycles. The minimum atomic E-state index is 0.146. The molecule has 1 N–H and O–H groups in total. The number of nitrogens with one attached hydrogen (secondary N) is 1. The number of hydrogen-bond acceptors (Lipinski definition) is 2. The summed E-state index contributed by atoms with van der Waals surface area (Å²) in [6, 6.07) is 0.889. The highest BCUT2D eigenvalue weighted by Gasteiger charge is 2.33. The fourth-order valence-corrected chi connectivity index (χ4v) is 2.52. The van der Waals surface area contributed by atoms with Crippen molar-refractivity contribution in [3.8, 4) is 0 Å². The molecule has 4 nitrogen and oxygen atoms in total. The Morgan fingerprint density at radius 3 is 2.39 bits per heavy atom. The van der Waals surface area contributed by atoms with Crippen LogP contribution in [0, 0.1) is 11.8 Å². The van der Waals surface area contributed by atoms with Gasteiger partial charge in [-0.25, -0.2) is 4.79 Å². The summed E-state index contributed by atoms with van der Waals surface area (Å²) in [5, 5.41) is 3.59. The van der Waals surface area contributed by atoms with Crippen LogP contribution in [0.15, 0.2) is 0 Å². The Bertz CT molecular complexity index is 276. The van der Waals surface area contributed by atoms with E-state index in [0.717, 1.165) is 19.5 Å². The van der Waals surface area contributed by atoms with Crippen LogP contribution in [0.4, 0.5) is 4.79 Å². The molecule has 4 heteroatoms. The number of urea groups is 1. The van der Waals surface area contributed by atoms with Crippen LogP contribution in [-0.4, -0.2) is 55.1 Å². The Labute approximate surface area is 112 Å². The van der Waals surface area contributed by atoms with Crippen molar-refractivity contribution in [2.75, 3.05) is 27.2 Å². The number of carbonyl (C=O) groups is 1. The van der Waals surface area contributed by atoms with Gasteiger partial charge in [0.05, 0.1) is 0 Å². The first-order valence-corrected chi connectivity index (χ1v) is 7.04. The molecular weight excluding hydrogens is 226 g/mol. The number of nitrogens with zero attached hydrogens (tertiary/aromatic N) is 2. The molecule has 0 aromatic heterocycles. The van der Waals surface area contributed by atoms with Crippen LogP contribution in [0.1, 0.15) is 34.1 Å². The van der Waals surface area contributed by atoms with E-state index >= 15 is 0 Å². The van der Waals surface area contributed by atoms with Crippen LogP contribution in [0.3, 0.4) is 0 Å². The molecule has 0 aromatic rings. The molecule has 0 aliphatic carbocycles. The monoisotopic (exact) mass is 255 g/mol. The summed E-state index contributed by atoms with van der Waals surface area (Å²) in [5.74, 6) is 1.17. The number of carbonyl (C=O) groups excluding carboxylic acids is 1. The molecule has 0 saturated carbocycles. The van der Waals surface area contributed by atoms with Crippen molar-refractivity contribution in [1.82, 2.24) is 15.1 Å². The summed E-state index contributed by atoms with van der Waals surface area (Å²) >= 11 is 0. The smallest absolute Gasteiger partial charge is 0.319 e. The maximum atomic E-state index is 12.3. The van der Waals surface area contributed by atoms with Gasteiger partial charge in [0.2, 0.25) is 0 Å². The van der Waals surface area contributed by atoms with Gasteiger partial charge in [-0.2, -0.15) is 0 Å². The van der Waals surface area contributed by atoms with Crippen LogP contribution in [0.25, 0.3) is 0 Å². The topological polar surface area (TPSA) is 35.6 Å². The molecule has 18 heavy (non-hydrogen) atoms. The van der Waals surface area contributed by atoms with Crippen LogP contribution in [-0.2, 0) is 0 Å². The van der Waals surface area contributed by atoms with Crippen LogP contribution >= 0.6 is 0 Å². The Kier molecular flexibility index (Phi) is 5.45. The predicted octanol–water partition coefficient (Wildman–Crippen LogP) is 2.01. The summed E-state index contributed by atoms with van der Waals surface area (Å²) < 4.78 is 0. The zero-order valence-electron chi connectivity index (χ0n) is 12.7. The van der Waals surface area contributed by atoms with E-state index in [2.05, 4.69) is 37.9 Å². The molecule has 106 valence electrons. The third-order valence-corrected chi connectivity index (χ3v) is 3.63. The van der Waals surface area contributed by atoms with E-state index in [-0.39, 0.29) is 6.03 Å². The molecule has 2 amide bonds. The van der Waals surface area contributed by atoms with E-state index in [1.807, 2.05) is 14.1 Å². The molecule has 0 spiro atoms. The summed E-state index contributed by atoms with van der Waals surface area (Å²) in [4.78, 5) is 16.0. The number of hydrogen-bond donors (Lipinski definition) is 1. The maximum Gasteiger partial charge on any atom is 0.319 e. The molecule has 0 bridgehead atoms. The van der Waals surface area contributed by atoms with E-state index in [9.17, 15) is 4.79 Å². The minimum Gasteiger partial charge on any atom is -0.331 e. The number of rotatable bonds is 3. The third-order valence-electron chi connectivity index (χ3n) is 3.63. The fourth-order valence-electron chi connectivity index (χ4n) is 2.52. The Hall–Kier alpha value is -0.770. The van der Waals surface area contributed by atoms with Crippen molar-refractivity contribution in [3.63, 3.8) is 0 Å². The first-order chi connectivity index (χ1) is 8.32. The highest BCUT2D eigenvalue weighted by atomic mass is 16.2. The third kappa shape index (κ3) is 3.87. The minimum absolute atomic E-state index is 0.146. The second kappa shape index (κ2) is 6.41. The van der Waals surface area contributed by atoms with Crippen molar-refractivity contribution < 1.29 is 4.79 Å². The summed E-state index contributed by atoms with van der Waals surface area (Å²) in [6.07, 6.45) is 1.07. The highest BCUT2D eigenvalue weighted by molar-refractivity contribution is 5.74. The first-order valence-electron chi connectivity index (χ1n) is 7.04. The van der Waals surface area contributed by atoms with Crippen molar-refractivity contribution in [2.45, 2.75) is 46.2 Å². The molecule has 2 atom stereocenters. The molecule has 1 aliphatic rings. The van der Waals surface area contributed by atoms with Gasteiger partial charge >= 0.3 is 6.03 Å². The SMILES string of the molecule is CC(C)CC1CNC(C(C)C)CN1C(=O)N(C)C. The summed E-state index contributed by atoms with van der Waals surface area (Å²) in [6.45, 7) is 10.6. The van der Waals surface area contributed by atoms with Gasteiger partial charge in [-0.15, -0.1) is 0 Å². The quantitative estimate of drug-likeness (QED) is 0.837. The second-order valence-corrected chi connectivity index (χ2v) is 6.37. The van der Waals surface area contributed by atoms with Crippen LogP contribution < -0.4 is 5.32 Å². The van der Waals surface area contributed by atoms with E-state index in [1.165, 1.54) is 0 Å². The van der Waals surface area contributed by atoms with E-state index in [0.29, 0.717) is 23.9 Å². The van der Waals surface area contributed by atoms with Crippen LogP contribution in [0.2, 0.25) is 0 Å². The highest BCUT2D eigenvalue weighted by Crippen LogP contribution is 2.19. The molecule has 1 fully saturated rings. The van der Waals surface area contributed by atoms with Gasteiger partial charge in [-0.05, 0) is 18.3 Å². The second-order valence-electron chi connectivity index (χ2n) is 6.37. The van der Waals surface area contributed by atoms with Crippen LogP contribution in [0.5, 0.6) is 0 Å². The van der Waals surface area contributed by atoms with Crippen molar-refractivity contribution >= 4 is 6.03 Å². The number of piperazine rings is 1. The predicted molar refractivity (Wildman–Crippen MR) is 75.7 cm³/mol. The molecule has 1 aliphatic heterocycles. The molecule has 1 rings (SSSR count). The lowest BCUT2D eigenvalue weighted by atomic mass is 9.95. The molecule has 1 heterocycles. The van der Waals surface area contributed by atoms with Crippen molar-refractivity contribution in [2.24, 2.45) is 11.8 Å². The normalized spacial score (nSPS) is 24.8. The molecule has 0 aromatic carbocycles. The lowest BCUT2D eigenvalue weighted by Gasteiger charge is -2.43. The van der Waals surface area contributed by atoms with E-state index in [4.69, 9.17) is 0 Å². The zero-order valence-corrected chi connectivity index (χ0v) is 12.7. The fraction of sp³-hybridized carbons (Fsp3) is 0.929. The van der Waals surface area contributed by atoms with E-state index < -0.39 is 0 Å². The first kappa shape index (κ1) is 15.3. The van der Waals surface area contributed by atoms with Gasteiger partial charge in [0, 0.05) is 39.3 Å². The van der Waals surface area contributed by atoms with Crippen molar-refractivity contribution in [1.29, 1.82) is 0 Å². The zero-order chi connectivity index (χ0) is 13.9. The molecular formula is C14H29N3O. The van der Waals surface area contributed by atoms with Gasteiger partial charge in [-0.1, -0.05) is 27.7 Å². The average molecular weight is 255 g/mol. The largest absolute Gasteiger partial charge is 0.331 e. The summed E-state index contributed by atoms with van der Waals surface area (Å²) in [7, 11) is 3.67. The molecule has 2 unspecified atom stereocenters. The number of amides is 2. The Morgan fingerprint density at radius 1 is 1.33 bits per heavy atom. The van der Waals surface area contributed by atoms with Gasteiger partial charge in [0.25, 0.3) is 0 Å². The van der Waals surface area contributed by atoms with Gasteiger partial charge in [0.15, 0.2) is 0 Å². The average Bonchev–Trinajstić information content (AvgIpc) is 2.27.